The molecule has 0 unspecified atom stereocenters. The fourth-order valence-corrected chi connectivity index (χ4v) is 3.02. The maximum absolute atomic E-state index is 12.6. The number of aryl methyl sites for hydroxylation is 2. The van der Waals surface area contributed by atoms with Gasteiger partial charge in [-0.3, -0.25) is 10.1 Å². The van der Waals surface area contributed by atoms with Gasteiger partial charge in [0.2, 0.25) is 5.89 Å². The van der Waals surface area contributed by atoms with Gasteiger partial charge in [-0.2, -0.15) is 0 Å². The zero-order valence-corrected chi connectivity index (χ0v) is 14.9. The van der Waals surface area contributed by atoms with Crippen molar-refractivity contribution in [3.63, 3.8) is 0 Å². The molecule has 1 aliphatic heterocycles. The van der Waals surface area contributed by atoms with Crippen molar-refractivity contribution in [1.82, 2.24) is 4.98 Å². The van der Waals surface area contributed by atoms with E-state index in [0.717, 1.165) is 38.0 Å². The number of esters is 1. The van der Waals surface area contributed by atoms with Gasteiger partial charge in [0.25, 0.3) is 5.69 Å². The summed E-state index contributed by atoms with van der Waals surface area (Å²) in [5.41, 5.74) is 1.46. The van der Waals surface area contributed by atoms with E-state index >= 15 is 0 Å². The number of ether oxygens (including phenoxy) is 1. The van der Waals surface area contributed by atoms with Gasteiger partial charge in [-0.05, 0) is 39.2 Å². The van der Waals surface area contributed by atoms with Gasteiger partial charge in [0.15, 0.2) is 6.61 Å². The molecule has 1 aliphatic rings. The highest BCUT2D eigenvalue weighted by Crippen LogP contribution is 2.29. The molecule has 1 fully saturated rings. The van der Waals surface area contributed by atoms with E-state index in [1.165, 1.54) is 12.1 Å². The number of aromatic nitrogens is 1. The minimum atomic E-state index is -0.622. The van der Waals surface area contributed by atoms with Crippen LogP contribution < -0.4 is 4.90 Å². The van der Waals surface area contributed by atoms with Crippen molar-refractivity contribution < 1.29 is 18.9 Å². The Balaban J connectivity index is 1.83. The lowest BCUT2D eigenvalue weighted by Crippen LogP contribution is -2.31. The molecule has 1 saturated heterocycles. The molecule has 0 amide bonds. The molecule has 0 atom stereocenters. The Hall–Kier alpha value is -2.90. The topological polar surface area (TPSA) is 98.7 Å². The molecule has 2 aromatic rings. The number of nitrogens with zero attached hydrogens (tertiary/aromatic N) is 3. The molecular formula is C18H21N3O5. The fraction of sp³-hybridized carbons (Fsp3) is 0.444. The summed E-state index contributed by atoms with van der Waals surface area (Å²) in [7, 11) is 0. The van der Waals surface area contributed by atoms with Crippen LogP contribution in [0, 0.1) is 24.0 Å². The van der Waals surface area contributed by atoms with Crippen molar-refractivity contribution in [2.24, 2.45) is 0 Å². The second kappa shape index (κ2) is 7.55. The Morgan fingerprint density at radius 3 is 2.65 bits per heavy atom. The first-order chi connectivity index (χ1) is 12.5. The van der Waals surface area contributed by atoms with Crippen molar-refractivity contribution in [3.05, 3.63) is 51.2 Å². The number of hydrogen-bond donors (Lipinski definition) is 0. The zero-order chi connectivity index (χ0) is 18.7. The Bertz CT molecular complexity index is 805. The minimum Gasteiger partial charge on any atom is -0.452 e. The summed E-state index contributed by atoms with van der Waals surface area (Å²) in [5.74, 6) is 0.349. The van der Waals surface area contributed by atoms with E-state index in [1.807, 2.05) is 0 Å². The van der Waals surface area contributed by atoms with Crippen LogP contribution in [0.2, 0.25) is 0 Å². The third-order valence-electron chi connectivity index (χ3n) is 4.51. The molecule has 8 nitrogen and oxygen atoms in total. The monoisotopic (exact) mass is 359 g/mol. The van der Waals surface area contributed by atoms with Crippen LogP contribution in [0.25, 0.3) is 0 Å². The Kier molecular flexibility index (Phi) is 5.20. The zero-order valence-electron chi connectivity index (χ0n) is 14.9. The second-order valence-corrected chi connectivity index (χ2v) is 6.33. The van der Waals surface area contributed by atoms with Crippen LogP contribution in [0.1, 0.15) is 47.0 Å². The van der Waals surface area contributed by atoms with Crippen LogP contribution in [-0.2, 0) is 11.3 Å². The van der Waals surface area contributed by atoms with E-state index < -0.39 is 10.9 Å². The highest BCUT2D eigenvalue weighted by Gasteiger charge is 2.23. The number of nitro groups is 1. The summed E-state index contributed by atoms with van der Waals surface area (Å²) in [5, 5.41) is 11.1. The number of benzene rings is 1. The van der Waals surface area contributed by atoms with Crippen LogP contribution in [0.3, 0.4) is 0 Å². The summed E-state index contributed by atoms with van der Waals surface area (Å²) in [4.78, 5) is 29.4. The first-order valence-corrected chi connectivity index (χ1v) is 8.59. The lowest BCUT2D eigenvalue weighted by atomic mass is 10.1. The number of hydrogen-bond acceptors (Lipinski definition) is 7. The molecule has 0 saturated carbocycles. The van der Waals surface area contributed by atoms with Crippen LogP contribution >= 0.6 is 0 Å². The molecule has 2 heterocycles. The van der Waals surface area contributed by atoms with Crippen molar-refractivity contribution >= 4 is 17.3 Å². The number of non-ortho nitro benzene ring substituents is 1. The van der Waals surface area contributed by atoms with E-state index in [0.29, 0.717) is 17.3 Å². The number of nitro benzene ring substituents is 1. The molecule has 0 spiro atoms. The summed E-state index contributed by atoms with van der Waals surface area (Å²) in [6, 6.07) is 4.32. The van der Waals surface area contributed by atoms with Gasteiger partial charge >= 0.3 is 5.97 Å². The average Bonchev–Trinajstić information content (AvgIpc) is 2.97. The van der Waals surface area contributed by atoms with E-state index in [2.05, 4.69) is 9.88 Å². The number of piperidine rings is 1. The number of oxazole rings is 1. The van der Waals surface area contributed by atoms with Gasteiger partial charge in [-0.1, -0.05) is 0 Å². The van der Waals surface area contributed by atoms with Crippen LogP contribution in [0.4, 0.5) is 11.4 Å². The van der Waals surface area contributed by atoms with Crippen molar-refractivity contribution in [2.75, 3.05) is 18.0 Å². The Labute approximate surface area is 150 Å². The molecule has 1 aromatic heterocycles. The molecular weight excluding hydrogens is 338 g/mol. The smallest absolute Gasteiger partial charge is 0.341 e. The fourth-order valence-electron chi connectivity index (χ4n) is 3.02. The molecule has 1 aromatic carbocycles. The molecule has 0 radical (unpaired) electrons. The van der Waals surface area contributed by atoms with Crippen molar-refractivity contribution in [3.8, 4) is 0 Å². The standard InChI is InChI=1S/C18H21N3O5/c1-12-13(2)26-17(19-12)11-25-18(22)15-10-14(21(23)24)6-7-16(15)20-8-4-3-5-9-20/h6-7,10H,3-5,8-9,11H2,1-2H3. The van der Waals surface area contributed by atoms with E-state index in [9.17, 15) is 14.9 Å². The van der Waals surface area contributed by atoms with Gasteiger partial charge in [-0.15, -0.1) is 0 Å². The van der Waals surface area contributed by atoms with Gasteiger partial charge < -0.3 is 14.1 Å². The largest absolute Gasteiger partial charge is 0.452 e. The summed E-state index contributed by atoms with van der Waals surface area (Å²) in [6.07, 6.45) is 3.20. The third kappa shape index (κ3) is 3.84. The normalized spacial score (nSPS) is 14.3. The van der Waals surface area contributed by atoms with Crippen LogP contribution in [0.15, 0.2) is 22.6 Å². The molecule has 138 valence electrons. The average molecular weight is 359 g/mol. The lowest BCUT2D eigenvalue weighted by Gasteiger charge is -2.30. The van der Waals surface area contributed by atoms with E-state index in [-0.39, 0.29) is 17.9 Å². The van der Waals surface area contributed by atoms with Gasteiger partial charge in [0.05, 0.1) is 21.9 Å². The molecule has 3 rings (SSSR count). The van der Waals surface area contributed by atoms with Crippen LogP contribution in [-0.4, -0.2) is 29.0 Å². The minimum absolute atomic E-state index is 0.115. The van der Waals surface area contributed by atoms with E-state index in [1.54, 1.807) is 19.9 Å². The maximum Gasteiger partial charge on any atom is 0.341 e. The first kappa shape index (κ1) is 17.9. The molecule has 0 aliphatic carbocycles. The summed E-state index contributed by atoms with van der Waals surface area (Å²) >= 11 is 0. The van der Waals surface area contributed by atoms with Gasteiger partial charge in [-0.25, -0.2) is 9.78 Å². The number of carbonyl (C=O) groups is 1. The van der Waals surface area contributed by atoms with Crippen molar-refractivity contribution in [1.29, 1.82) is 0 Å². The van der Waals surface area contributed by atoms with Gasteiger partial charge in [0, 0.05) is 25.2 Å². The SMILES string of the molecule is Cc1nc(COC(=O)c2cc([N+](=O)[O-])ccc2N2CCCCC2)oc1C. The highest BCUT2D eigenvalue weighted by atomic mass is 16.6. The summed E-state index contributed by atoms with van der Waals surface area (Å²) in [6.45, 7) is 5.10. The van der Waals surface area contributed by atoms with Gasteiger partial charge in [0.1, 0.15) is 5.76 Å². The number of rotatable bonds is 5. The number of anilines is 1. The Morgan fingerprint density at radius 2 is 2.04 bits per heavy atom. The first-order valence-electron chi connectivity index (χ1n) is 8.59. The summed E-state index contributed by atoms with van der Waals surface area (Å²) < 4.78 is 10.7. The molecule has 26 heavy (non-hydrogen) atoms. The van der Waals surface area contributed by atoms with E-state index in [4.69, 9.17) is 9.15 Å². The second-order valence-electron chi connectivity index (χ2n) is 6.33. The Morgan fingerprint density at radius 1 is 1.31 bits per heavy atom. The predicted molar refractivity (Wildman–Crippen MR) is 94.3 cm³/mol. The molecule has 0 bridgehead atoms. The molecule has 8 heteroatoms. The lowest BCUT2D eigenvalue weighted by molar-refractivity contribution is -0.384. The van der Waals surface area contributed by atoms with Crippen LogP contribution in [0.5, 0.6) is 0 Å². The number of carbonyl (C=O) groups excluding carboxylic acids is 1. The van der Waals surface area contributed by atoms with Crippen molar-refractivity contribution in [2.45, 2.75) is 39.7 Å². The maximum atomic E-state index is 12.6. The quantitative estimate of drug-likeness (QED) is 0.457. The molecule has 0 N–H and O–H groups in total. The predicted octanol–water partition coefficient (Wildman–Crippen LogP) is 3.55. The highest BCUT2D eigenvalue weighted by molar-refractivity contribution is 5.96. The third-order valence-corrected chi connectivity index (χ3v) is 4.51.